The lowest BCUT2D eigenvalue weighted by Gasteiger charge is -2.09. The maximum absolute atomic E-state index is 5.79. The number of rotatable bonds is 12. The summed E-state index contributed by atoms with van der Waals surface area (Å²) < 4.78 is 11.6. The minimum Gasteiger partial charge on any atom is -0.494 e. The third-order valence-electron chi connectivity index (χ3n) is 3.99. The molecule has 3 nitrogen and oxygen atoms in total. The van der Waals surface area contributed by atoms with Gasteiger partial charge in [-0.15, -0.1) is 0 Å². The third-order valence-corrected chi connectivity index (χ3v) is 3.99. The van der Waals surface area contributed by atoms with E-state index in [1.165, 1.54) is 37.7 Å². The molecule has 130 valence electrons. The SMILES string of the molecule is [NH3+]CCCCCCCCOc1ccc(OCc2ccccc2)cc1. The van der Waals surface area contributed by atoms with E-state index in [0.29, 0.717) is 6.61 Å². The summed E-state index contributed by atoms with van der Waals surface area (Å²) in [6, 6.07) is 18.1. The lowest BCUT2D eigenvalue weighted by Crippen LogP contribution is -2.50. The van der Waals surface area contributed by atoms with Crippen molar-refractivity contribution >= 4 is 0 Å². The highest BCUT2D eigenvalue weighted by Crippen LogP contribution is 2.19. The molecule has 0 fully saturated rings. The summed E-state index contributed by atoms with van der Waals surface area (Å²) in [6.07, 6.45) is 7.56. The van der Waals surface area contributed by atoms with Crippen molar-refractivity contribution in [1.82, 2.24) is 0 Å². The summed E-state index contributed by atoms with van der Waals surface area (Å²) >= 11 is 0. The van der Waals surface area contributed by atoms with Crippen molar-refractivity contribution in [2.24, 2.45) is 0 Å². The van der Waals surface area contributed by atoms with E-state index in [9.17, 15) is 0 Å². The Labute approximate surface area is 145 Å². The Morgan fingerprint density at radius 1 is 0.625 bits per heavy atom. The van der Waals surface area contributed by atoms with E-state index in [0.717, 1.165) is 31.1 Å². The molecule has 0 aliphatic heterocycles. The van der Waals surface area contributed by atoms with E-state index >= 15 is 0 Å². The molecule has 2 aromatic rings. The minimum absolute atomic E-state index is 0.592. The van der Waals surface area contributed by atoms with Gasteiger partial charge in [0.05, 0.1) is 13.2 Å². The van der Waals surface area contributed by atoms with Crippen LogP contribution in [0.5, 0.6) is 11.5 Å². The Balaban J connectivity index is 1.58. The van der Waals surface area contributed by atoms with Crippen molar-refractivity contribution in [1.29, 1.82) is 0 Å². The second-order valence-electron chi connectivity index (χ2n) is 6.07. The Kier molecular flexibility index (Phi) is 8.81. The Bertz CT molecular complexity index is 540. The van der Waals surface area contributed by atoms with Gasteiger partial charge < -0.3 is 15.2 Å². The summed E-state index contributed by atoms with van der Waals surface area (Å²) in [6.45, 7) is 2.45. The fourth-order valence-electron chi connectivity index (χ4n) is 2.55. The monoisotopic (exact) mass is 328 g/mol. The summed E-state index contributed by atoms with van der Waals surface area (Å²) in [5.41, 5.74) is 5.04. The number of unbranched alkanes of at least 4 members (excludes halogenated alkanes) is 5. The summed E-state index contributed by atoms with van der Waals surface area (Å²) in [5.74, 6) is 1.79. The molecule has 3 heteroatoms. The number of ether oxygens (including phenoxy) is 2. The maximum atomic E-state index is 5.79. The fraction of sp³-hybridized carbons (Fsp3) is 0.429. The first-order valence-corrected chi connectivity index (χ1v) is 9.07. The first kappa shape index (κ1) is 18.3. The zero-order valence-electron chi connectivity index (χ0n) is 14.6. The van der Waals surface area contributed by atoms with Gasteiger partial charge in [-0.1, -0.05) is 49.6 Å². The largest absolute Gasteiger partial charge is 0.494 e. The highest BCUT2D eigenvalue weighted by atomic mass is 16.5. The first-order valence-electron chi connectivity index (χ1n) is 9.07. The van der Waals surface area contributed by atoms with Gasteiger partial charge in [0.25, 0.3) is 0 Å². The van der Waals surface area contributed by atoms with Crippen LogP contribution >= 0.6 is 0 Å². The molecule has 0 saturated carbocycles. The van der Waals surface area contributed by atoms with E-state index in [2.05, 4.69) is 17.9 Å². The van der Waals surface area contributed by atoms with Crippen molar-refractivity contribution in [3.05, 3.63) is 60.2 Å². The van der Waals surface area contributed by atoms with Gasteiger partial charge in [0.1, 0.15) is 18.1 Å². The average molecular weight is 328 g/mol. The van der Waals surface area contributed by atoms with E-state index in [-0.39, 0.29) is 0 Å². The van der Waals surface area contributed by atoms with Gasteiger partial charge in [-0.3, -0.25) is 0 Å². The number of hydrogen-bond acceptors (Lipinski definition) is 2. The number of quaternary nitrogens is 1. The molecule has 0 atom stereocenters. The van der Waals surface area contributed by atoms with Crippen molar-refractivity contribution in [3.63, 3.8) is 0 Å². The van der Waals surface area contributed by atoms with Crippen LogP contribution in [0.25, 0.3) is 0 Å². The van der Waals surface area contributed by atoms with E-state index < -0.39 is 0 Å². The Morgan fingerprint density at radius 2 is 1.21 bits per heavy atom. The lowest BCUT2D eigenvalue weighted by atomic mass is 10.1. The van der Waals surface area contributed by atoms with Gasteiger partial charge in [0.15, 0.2) is 0 Å². The highest BCUT2D eigenvalue weighted by Gasteiger charge is 1.98. The molecule has 0 amide bonds. The summed E-state index contributed by atoms with van der Waals surface area (Å²) in [7, 11) is 0. The molecule has 0 spiro atoms. The molecule has 0 aliphatic carbocycles. The molecule has 3 N–H and O–H groups in total. The molecule has 0 bridgehead atoms. The van der Waals surface area contributed by atoms with Crippen LogP contribution in [0.3, 0.4) is 0 Å². The van der Waals surface area contributed by atoms with E-state index in [4.69, 9.17) is 9.47 Å². The molecular formula is C21H30NO2+. The molecule has 0 aliphatic rings. The number of benzene rings is 2. The molecule has 0 heterocycles. The Morgan fingerprint density at radius 3 is 1.88 bits per heavy atom. The second-order valence-corrected chi connectivity index (χ2v) is 6.07. The van der Waals surface area contributed by atoms with Crippen LogP contribution in [0.1, 0.15) is 44.1 Å². The molecule has 24 heavy (non-hydrogen) atoms. The molecule has 0 aromatic heterocycles. The predicted octanol–water partition coefficient (Wildman–Crippen LogP) is 4.23. The molecule has 2 rings (SSSR count). The smallest absolute Gasteiger partial charge is 0.120 e. The van der Waals surface area contributed by atoms with Gasteiger partial charge in [-0.05, 0) is 49.1 Å². The predicted molar refractivity (Wildman–Crippen MR) is 98.2 cm³/mol. The van der Waals surface area contributed by atoms with Crippen LogP contribution in [0.2, 0.25) is 0 Å². The highest BCUT2D eigenvalue weighted by molar-refractivity contribution is 5.31. The normalized spacial score (nSPS) is 10.5. The van der Waals surface area contributed by atoms with Crippen LogP contribution < -0.4 is 15.2 Å². The maximum Gasteiger partial charge on any atom is 0.120 e. The second kappa shape index (κ2) is 11.5. The van der Waals surface area contributed by atoms with Crippen molar-refractivity contribution in [3.8, 4) is 11.5 Å². The number of hydrogen-bond donors (Lipinski definition) is 1. The van der Waals surface area contributed by atoms with E-state index in [1.54, 1.807) is 0 Å². The molecule has 2 aromatic carbocycles. The average Bonchev–Trinajstić information content (AvgIpc) is 2.64. The van der Waals surface area contributed by atoms with Crippen LogP contribution in [-0.2, 0) is 6.61 Å². The molecular weight excluding hydrogens is 298 g/mol. The minimum atomic E-state index is 0.592. The van der Waals surface area contributed by atoms with Crippen LogP contribution in [0, 0.1) is 0 Å². The third kappa shape index (κ3) is 7.51. The fourth-order valence-corrected chi connectivity index (χ4v) is 2.55. The zero-order valence-corrected chi connectivity index (χ0v) is 14.6. The molecule has 0 saturated heterocycles. The first-order chi connectivity index (χ1) is 11.9. The quantitative estimate of drug-likeness (QED) is 0.593. The van der Waals surface area contributed by atoms with Crippen molar-refractivity contribution in [2.45, 2.75) is 45.1 Å². The van der Waals surface area contributed by atoms with Crippen LogP contribution in [0.4, 0.5) is 0 Å². The zero-order chi connectivity index (χ0) is 16.9. The Hall–Kier alpha value is -2.00. The summed E-state index contributed by atoms with van der Waals surface area (Å²) in [5, 5.41) is 0. The van der Waals surface area contributed by atoms with Gasteiger partial charge in [-0.25, -0.2) is 0 Å². The molecule has 0 unspecified atom stereocenters. The van der Waals surface area contributed by atoms with Crippen molar-refractivity contribution in [2.75, 3.05) is 13.2 Å². The van der Waals surface area contributed by atoms with Gasteiger partial charge in [0, 0.05) is 0 Å². The standard InChI is InChI=1S/C21H29NO2/c22-16-8-3-1-2-4-9-17-23-20-12-14-21(15-13-20)24-18-19-10-6-5-7-11-19/h5-7,10-15H,1-4,8-9,16-18,22H2/p+1. The summed E-state index contributed by atoms with van der Waals surface area (Å²) in [4.78, 5) is 0. The topological polar surface area (TPSA) is 46.1 Å². The lowest BCUT2D eigenvalue weighted by molar-refractivity contribution is -0.368. The van der Waals surface area contributed by atoms with Gasteiger partial charge in [-0.2, -0.15) is 0 Å². The van der Waals surface area contributed by atoms with Gasteiger partial charge >= 0.3 is 0 Å². The molecule has 0 radical (unpaired) electrons. The van der Waals surface area contributed by atoms with Crippen LogP contribution in [0.15, 0.2) is 54.6 Å². The van der Waals surface area contributed by atoms with Crippen molar-refractivity contribution < 1.29 is 15.2 Å². The van der Waals surface area contributed by atoms with Gasteiger partial charge in [0.2, 0.25) is 0 Å². The van der Waals surface area contributed by atoms with E-state index in [1.807, 2.05) is 42.5 Å². The van der Waals surface area contributed by atoms with Crippen LogP contribution in [-0.4, -0.2) is 13.2 Å².